The number of aromatic amines is 1. The van der Waals surface area contributed by atoms with Crippen LogP contribution in [0.2, 0.25) is 0 Å². The maximum atomic E-state index is 11.9. The fourth-order valence-corrected chi connectivity index (χ4v) is 2.11. The average molecular weight is 317 g/mol. The summed E-state index contributed by atoms with van der Waals surface area (Å²) < 4.78 is 5.12. The van der Waals surface area contributed by atoms with E-state index in [-0.39, 0.29) is 5.91 Å². The molecule has 23 heavy (non-hydrogen) atoms. The first kappa shape index (κ1) is 16.9. The second-order valence-electron chi connectivity index (χ2n) is 6.36. The SMILES string of the molecule is CC(C)(C)OC(=O)NCCCC(=O)Nc1ccc2[nH]ccc2c1. The Morgan fingerprint density at radius 2 is 2.00 bits per heavy atom. The van der Waals surface area contributed by atoms with Gasteiger partial charge in [-0.2, -0.15) is 0 Å². The highest BCUT2D eigenvalue weighted by atomic mass is 16.6. The zero-order valence-corrected chi connectivity index (χ0v) is 13.7. The maximum Gasteiger partial charge on any atom is 0.407 e. The van der Waals surface area contributed by atoms with Crippen LogP contribution in [0.15, 0.2) is 30.5 Å². The summed E-state index contributed by atoms with van der Waals surface area (Å²) in [6, 6.07) is 7.66. The molecule has 0 aliphatic carbocycles. The highest BCUT2D eigenvalue weighted by Gasteiger charge is 2.15. The number of carbonyl (C=O) groups excluding carboxylic acids is 2. The number of hydrogen-bond acceptors (Lipinski definition) is 3. The van der Waals surface area contributed by atoms with Gasteiger partial charge in [0.05, 0.1) is 0 Å². The highest BCUT2D eigenvalue weighted by Crippen LogP contribution is 2.17. The van der Waals surface area contributed by atoms with Crippen LogP contribution in [0.4, 0.5) is 10.5 Å². The lowest BCUT2D eigenvalue weighted by Crippen LogP contribution is -2.33. The maximum absolute atomic E-state index is 11.9. The van der Waals surface area contributed by atoms with E-state index in [4.69, 9.17) is 4.74 Å². The molecule has 0 unspecified atom stereocenters. The molecular weight excluding hydrogens is 294 g/mol. The molecule has 2 rings (SSSR count). The number of aromatic nitrogens is 1. The van der Waals surface area contributed by atoms with Crippen LogP contribution in [0, 0.1) is 0 Å². The van der Waals surface area contributed by atoms with E-state index in [1.807, 2.05) is 30.5 Å². The lowest BCUT2D eigenvalue weighted by molar-refractivity contribution is -0.116. The Bertz CT molecular complexity index is 686. The van der Waals surface area contributed by atoms with Crippen molar-refractivity contribution < 1.29 is 14.3 Å². The molecule has 3 N–H and O–H groups in total. The second-order valence-corrected chi connectivity index (χ2v) is 6.36. The molecule has 0 saturated heterocycles. The zero-order chi connectivity index (χ0) is 16.9. The normalized spacial score (nSPS) is 11.3. The molecule has 0 saturated carbocycles. The van der Waals surface area contributed by atoms with Crippen molar-refractivity contribution in [1.29, 1.82) is 0 Å². The smallest absolute Gasteiger partial charge is 0.407 e. The first-order valence-electron chi connectivity index (χ1n) is 7.67. The molecule has 0 bridgehead atoms. The third-order valence-corrected chi connectivity index (χ3v) is 3.09. The first-order chi connectivity index (χ1) is 10.8. The fraction of sp³-hybridized carbons (Fsp3) is 0.412. The predicted molar refractivity (Wildman–Crippen MR) is 90.4 cm³/mol. The van der Waals surface area contributed by atoms with Crippen LogP contribution in [0.1, 0.15) is 33.6 Å². The Balaban J connectivity index is 1.70. The Hall–Kier alpha value is -2.50. The molecule has 0 fully saturated rings. The van der Waals surface area contributed by atoms with E-state index in [1.165, 1.54) is 0 Å². The van der Waals surface area contributed by atoms with Gasteiger partial charge in [0.15, 0.2) is 0 Å². The minimum Gasteiger partial charge on any atom is -0.444 e. The molecule has 1 heterocycles. The van der Waals surface area contributed by atoms with Crippen LogP contribution in [0.5, 0.6) is 0 Å². The number of nitrogens with one attached hydrogen (secondary N) is 3. The summed E-state index contributed by atoms with van der Waals surface area (Å²) in [4.78, 5) is 26.5. The van der Waals surface area contributed by atoms with Gasteiger partial charge in [0.2, 0.25) is 5.91 Å². The summed E-state index contributed by atoms with van der Waals surface area (Å²) in [7, 11) is 0. The van der Waals surface area contributed by atoms with Crippen molar-refractivity contribution in [2.24, 2.45) is 0 Å². The van der Waals surface area contributed by atoms with Crippen LogP contribution in [-0.2, 0) is 9.53 Å². The molecule has 0 radical (unpaired) electrons. The molecule has 2 aromatic rings. The van der Waals surface area contributed by atoms with E-state index < -0.39 is 11.7 Å². The molecule has 1 aromatic heterocycles. The predicted octanol–water partition coefficient (Wildman–Crippen LogP) is 3.41. The lowest BCUT2D eigenvalue weighted by Gasteiger charge is -2.19. The molecule has 0 spiro atoms. The van der Waals surface area contributed by atoms with Crippen LogP contribution in [0.25, 0.3) is 10.9 Å². The summed E-state index contributed by atoms with van der Waals surface area (Å²) in [6.45, 7) is 5.82. The largest absolute Gasteiger partial charge is 0.444 e. The van der Waals surface area contributed by atoms with Gasteiger partial charge in [-0.25, -0.2) is 4.79 Å². The Kier molecular flexibility index (Phi) is 5.26. The van der Waals surface area contributed by atoms with Crippen molar-refractivity contribution in [2.75, 3.05) is 11.9 Å². The lowest BCUT2D eigenvalue weighted by atomic mass is 10.2. The highest BCUT2D eigenvalue weighted by molar-refractivity contribution is 5.93. The van der Waals surface area contributed by atoms with E-state index in [0.29, 0.717) is 19.4 Å². The van der Waals surface area contributed by atoms with Crippen molar-refractivity contribution in [3.63, 3.8) is 0 Å². The van der Waals surface area contributed by atoms with Crippen molar-refractivity contribution in [2.45, 2.75) is 39.2 Å². The van der Waals surface area contributed by atoms with Crippen LogP contribution in [-0.4, -0.2) is 29.1 Å². The van der Waals surface area contributed by atoms with Gasteiger partial charge in [0, 0.05) is 35.8 Å². The Morgan fingerprint density at radius 1 is 1.22 bits per heavy atom. The Labute approximate surface area is 135 Å². The number of rotatable bonds is 5. The number of fused-ring (bicyclic) bond motifs is 1. The van der Waals surface area contributed by atoms with Gasteiger partial charge < -0.3 is 20.4 Å². The van der Waals surface area contributed by atoms with Gasteiger partial charge in [0.25, 0.3) is 0 Å². The molecule has 1 aromatic carbocycles. The number of benzene rings is 1. The summed E-state index contributed by atoms with van der Waals surface area (Å²) >= 11 is 0. The summed E-state index contributed by atoms with van der Waals surface area (Å²) in [6.07, 6.45) is 2.28. The third kappa shape index (κ3) is 5.65. The summed E-state index contributed by atoms with van der Waals surface area (Å²) in [5.74, 6) is -0.0779. The van der Waals surface area contributed by atoms with Crippen LogP contribution < -0.4 is 10.6 Å². The Morgan fingerprint density at radius 3 is 2.74 bits per heavy atom. The number of anilines is 1. The number of alkyl carbamates (subject to hydrolysis) is 1. The average Bonchev–Trinajstić information content (AvgIpc) is 2.89. The van der Waals surface area contributed by atoms with Crippen molar-refractivity contribution in [3.05, 3.63) is 30.5 Å². The number of H-pyrrole nitrogens is 1. The van der Waals surface area contributed by atoms with Crippen molar-refractivity contribution in [3.8, 4) is 0 Å². The molecule has 0 aliphatic rings. The molecular formula is C17H23N3O3. The monoisotopic (exact) mass is 317 g/mol. The minimum absolute atomic E-state index is 0.0779. The standard InChI is InChI=1S/C17H23N3O3/c1-17(2,3)23-16(22)19-9-4-5-15(21)20-13-6-7-14-12(11-13)8-10-18-14/h6-8,10-11,18H,4-5,9H2,1-3H3,(H,19,22)(H,20,21). The van der Waals surface area contributed by atoms with Crippen LogP contribution in [0.3, 0.4) is 0 Å². The van der Waals surface area contributed by atoms with E-state index in [0.717, 1.165) is 16.6 Å². The quantitative estimate of drug-likeness (QED) is 0.739. The van der Waals surface area contributed by atoms with Crippen molar-refractivity contribution >= 4 is 28.6 Å². The number of hydrogen-bond donors (Lipinski definition) is 3. The van der Waals surface area contributed by atoms with Gasteiger partial charge in [-0.1, -0.05) is 0 Å². The number of amides is 2. The number of ether oxygens (including phenoxy) is 1. The topological polar surface area (TPSA) is 83.2 Å². The van der Waals surface area contributed by atoms with E-state index in [9.17, 15) is 9.59 Å². The summed E-state index contributed by atoms with van der Waals surface area (Å²) in [5.41, 5.74) is 1.28. The zero-order valence-electron chi connectivity index (χ0n) is 13.7. The van der Waals surface area contributed by atoms with E-state index in [1.54, 1.807) is 20.8 Å². The fourth-order valence-electron chi connectivity index (χ4n) is 2.11. The minimum atomic E-state index is -0.516. The molecule has 6 heteroatoms. The summed E-state index contributed by atoms with van der Waals surface area (Å²) in [5, 5.41) is 6.54. The van der Waals surface area contributed by atoms with Gasteiger partial charge in [-0.3, -0.25) is 4.79 Å². The first-order valence-corrected chi connectivity index (χ1v) is 7.67. The number of carbonyl (C=O) groups is 2. The van der Waals surface area contributed by atoms with Gasteiger partial charge >= 0.3 is 6.09 Å². The van der Waals surface area contributed by atoms with Gasteiger partial charge in [-0.05, 0) is 51.5 Å². The molecule has 2 amide bonds. The van der Waals surface area contributed by atoms with Gasteiger partial charge in [0.1, 0.15) is 5.60 Å². The third-order valence-electron chi connectivity index (χ3n) is 3.09. The molecule has 124 valence electrons. The molecule has 0 aliphatic heterocycles. The van der Waals surface area contributed by atoms with Gasteiger partial charge in [-0.15, -0.1) is 0 Å². The van der Waals surface area contributed by atoms with E-state index >= 15 is 0 Å². The van der Waals surface area contributed by atoms with Crippen molar-refractivity contribution in [1.82, 2.24) is 10.3 Å². The van der Waals surface area contributed by atoms with Crippen LogP contribution >= 0.6 is 0 Å². The molecule has 0 atom stereocenters. The second kappa shape index (κ2) is 7.17. The van der Waals surface area contributed by atoms with E-state index in [2.05, 4.69) is 15.6 Å². The molecule has 6 nitrogen and oxygen atoms in total.